The van der Waals surface area contributed by atoms with Gasteiger partial charge in [0.05, 0.1) is 5.75 Å². The van der Waals surface area contributed by atoms with Crippen LogP contribution in [0.2, 0.25) is 0 Å². The Morgan fingerprint density at radius 1 is 1.30 bits per heavy atom. The average molecular weight is 502 g/mol. The Balaban J connectivity index is 3.79. The van der Waals surface area contributed by atoms with Crippen LogP contribution < -0.4 is 0 Å². The summed E-state index contributed by atoms with van der Waals surface area (Å²) in [5, 5.41) is 0. The molecule has 0 saturated heterocycles. The molecule has 0 fully saturated rings. The monoisotopic (exact) mass is 502 g/mol. The van der Waals surface area contributed by atoms with Crippen LogP contribution in [0, 0.1) is 0 Å². The molecule has 0 rings (SSSR count). The summed E-state index contributed by atoms with van der Waals surface area (Å²) in [6.45, 7) is 0. The molecule has 0 saturated carbocycles. The van der Waals surface area contributed by atoms with E-state index in [4.69, 9.17) is 4.55 Å². The molecule has 1 N–H and O–H groups in total. The summed E-state index contributed by atoms with van der Waals surface area (Å²) < 4.78 is 28.7. The number of rotatable bonds is 3. The number of alkyl halides is 3. The van der Waals surface area contributed by atoms with Gasteiger partial charge in [0.1, 0.15) is -0.565 Å². The molecule has 0 aromatic carbocycles. The SMILES string of the molecule is O=S(=O)(O)CCC(I)(I)I. The molecular weight excluding hydrogens is 497 g/mol. The Bertz CT molecular complexity index is 192. The molecule has 0 amide bonds. The summed E-state index contributed by atoms with van der Waals surface area (Å²) in [4.78, 5) is 0. The van der Waals surface area contributed by atoms with Crippen molar-refractivity contribution in [1.82, 2.24) is 0 Å². The predicted octanol–water partition coefficient (Wildman–Crippen LogP) is 2.22. The molecule has 0 radical (unpaired) electrons. The molecule has 62 valence electrons. The van der Waals surface area contributed by atoms with Gasteiger partial charge in [-0.2, -0.15) is 8.42 Å². The molecule has 0 aliphatic carbocycles. The van der Waals surface area contributed by atoms with E-state index in [1.165, 1.54) is 0 Å². The van der Waals surface area contributed by atoms with E-state index in [-0.39, 0.29) is 5.19 Å². The van der Waals surface area contributed by atoms with E-state index in [1.54, 1.807) is 0 Å². The topological polar surface area (TPSA) is 54.4 Å². The zero-order valence-corrected chi connectivity index (χ0v) is 12.0. The highest BCUT2D eigenvalue weighted by Crippen LogP contribution is 2.38. The Labute approximate surface area is 101 Å². The molecule has 0 heterocycles. The van der Waals surface area contributed by atoms with E-state index in [9.17, 15) is 8.42 Å². The lowest BCUT2D eigenvalue weighted by molar-refractivity contribution is 0.482. The van der Waals surface area contributed by atoms with Crippen LogP contribution in [0.25, 0.3) is 0 Å². The van der Waals surface area contributed by atoms with Gasteiger partial charge >= 0.3 is 0 Å². The minimum atomic E-state index is -3.77. The maximum absolute atomic E-state index is 10.2. The fourth-order valence-electron chi connectivity index (χ4n) is 0.245. The quantitative estimate of drug-likeness (QED) is 0.367. The van der Waals surface area contributed by atoms with Crippen LogP contribution in [-0.2, 0) is 10.1 Å². The lowest BCUT2D eigenvalue weighted by atomic mass is 10.6. The van der Waals surface area contributed by atoms with Gasteiger partial charge in [-0.25, -0.2) is 0 Å². The first-order valence-corrected chi connectivity index (χ1v) is 7.07. The van der Waals surface area contributed by atoms with Gasteiger partial charge in [0.15, 0.2) is 0 Å². The third kappa shape index (κ3) is 10.1. The van der Waals surface area contributed by atoms with E-state index in [0.29, 0.717) is 6.42 Å². The molecule has 3 nitrogen and oxygen atoms in total. The minimum Gasteiger partial charge on any atom is -0.286 e. The van der Waals surface area contributed by atoms with Crippen molar-refractivity contribution >= 4 is 77.9 Å². The highest BCUT2D eigenvalue weighted by atomic mass is 127. The zero-order chi connectivity index (χ0) is 8.41. The standard InChI is InChI=1S/C3H5I3O3S/c4-3(5,6)1-2-10(7,8)9/h1-2H2,(H,7,8,9). The second-order valence-corrected chi connectivity index (χ2v) is 14.9. The van der Waals surface area contributed by atoms with Crippen LogP contribution in [0.4, 0.5) is 0 Å². The number of halogens is 3. The average Bonchev–Trinajstić information content (AvgIpc) is 1.57. The Kier molecular flexibility index (Phi) is 5.29. The summed E-state index contributed by atoms with van der Waals surface area (Å²) in [5.41, 5.74) is 0. The van der Waals surface area contributed by atoms with Crippen LogP contribution in [0.5, 0.6) is 0 Å². The first-order chi connectivity index (χ1) is 4.21. The summed E-state index contributed by atoms with van der Waals surface area (Å²) in [7, 11) is -3.77. The lowest BCUT2D eigenvalue weighted by Gasteiger charge is -2.09. The Morgan fingerprint density at radius 2 is 1.70 bits per heavy atom. The van der Waals surface area contributed by atoms with Crippen LogP contribution in [0.1, 0.15) is 6.42 Å². The van der Waals surface area contributed by atoms with Gasteiger partial charge in [-0.15, -0.1) is 0 Å². The van der Waals surface area contributed by atoms with Crippen LogP contribution in [-0.4, -0.2) is 18.2 Å². The van der Waals surface area contributed by atoms with Crippen molar-refractivity contribution in [3.05, 3.63) is 0 Å². The van der Waals surface area contributed by atoms with Crippen molar-refractivity contribution in [2.45, 2.75) is 5.86 Å². The fourth-order valence-corrected chi connectivity index (χ4v) is 2.72. The minimum absolute atomic E-state index is 0.122. The smallest absolute Gasteiger partial charge is 0.264 e. The third-order valence-corrected chi connectivity index (χ3v) is 2.98. The maximum Gasteiger partial charge on any atom is 0.264 e. The van der Waals surface area contributed by atoms with E-state index < -0.39 is 10.1 Å². The predicted molar refractivity (Wildman–Crippen MR) is 65.8 cm³/mol. The summed E-state index contributed by atoms with van der Waals surface area (Å²) in [6.07, 6.45) is 0.452. The van der Waals surface area contributed by atoms with Crippen LogP contribution in [0.15, 0.2) is 0 Å². The molecule has 0 aliphatic rings. The normalized spacial score (nSPS) is 13.6. The third-order valence-electron chi connectivity index (χ3n) is 0.643. The van der Waals surface area contributed by atoms with E-state index in [2.05, 4.69) is 67.8 Å². The van der Waals surface area contributed by atoms with Gasteiger partial charge in [-0.1, -0.05) is 67.8 Å². The number of hydrogen-bond donors (Lipinski definition) is 1. The van der Waals surface area contributed by atoms with E-state index in [0.717, 1.165) is 0 Å². The van der Waals surface area contributed by atoms with Gasteiger partial charge in [0.2, 0.25) is 0 Å². The zero-order valence-electron chi connectivity index (χ0n) is 4.72. The Hall–Kier alpha value is 2.10. The summed E-state index contributed by atoms with van der Waals surface area (Å²) in [5.74, 6) is -0.165. The van der Waals surface area contributed by atoms with E-state index in [1.807, 2.05) is 0 Å². The molecule has 0 spiro atoms. The number of hydrogen-bond acceptors (Lipinski definition) is 2. The maximum atomic E-state index is 10.2. The first kappa shape index (κ1) is 12.1. The Morgan fingerprint density at radius 3 is 1.80 bits per heavy atom. The van der Waals surface area contributed by atoms with Crippen molar-refractivity contribution in [2.75, 3.05) is 5.75 Å². The molecule has 10 heavy (non-hydrogen) atoms. The first-order valence-electron chi connectivity index (χ1n) is 2.23. The van der Waals surface area contributed by atoms with Crippen molar-refractivity contribution in [2.24, 2.45) is 0 Å². The van der Waals surface area contributed by atoms with Gasteiger partial charge in [0, 0.05) is 0 Å². The molecule has 0 atom stereocenters. The van der Waals surface area contributed by atoms with Crippen molar-refractivity contribution < 1.29 is 13.0 Å². The molecule has 0 aliphatic heterocycles. The van der Waals surface area contributed by atoms with Gasteiger partial charge < -0.3 is 0 Å². The summed E-state index contributed by atoms with van der Waals surface area (Å²) >= 11 is 6.34. The molecule has 0 aromatic heterocycles. The van der Waals surface area contributed by atoms with Gasteiger partial charge in [0.25, 0.3) is 10.1 Å². The largest absolute Gasteiger partial charge is 0.286 e. The molecule has 0 aromatic rings. The van der Waals surface area contributed by atoms with Crippen molar-refractivity contribution in [3.8, 4) is 0 Å². The molecule has 7 heteroatoms. The van der Waals surface area contributed by atoms with Crippen LogP contribution in [0.3, 0.4) is 0 Å². The molecule has 0 unspecified atom stereocenters. The van der Waals surface area contributed by atoms with Crippen molar-refractivity contribution in [1.29, 1.82) is 0 Å². The van der Waals surface area contributed by atoms with E-state index >= 15 is 0 Å². The van der Waals surface area contributed by atoms with Gasteiger partial charge in [-0.05, 0) is 6.42 Å². The van der Waals surface area contributed by atoms with Gasteiger partial charge in [-0.3, -0.25) is 4.55 Å². The van der Waals surface area contributed by atoms with Crippen molar-refractivity contribution in [3.63, 3.8) is 0 Å². The lowest BCUT2D eigenvalue weighted by Crippen LogP contribution is -2.10. The molecule has 0 bridgehead atoms. The second-order valence-electron chi connectivity index (χ2n) is 1.65. The highest BCUT2D eigenvalue weighted by Gasteiger charge is 2.20. The highest BCUT2D eigenvalue weighted by molar-refractivity contribution is 14.3. The molecular formula is C3H5I3O3S. The van der Waals surface area contributed by atoms with Crippen LogP contribution >= 0.6 is 67.8 Å². The summed E-state index contributed by atoms with van der Waals surface area (Å²) in [6, 6.07) is 0. The fraction of sp³-hybridized carbons (Fsp3) is 1.00. The second kappa shape index (κ2) is 4.37.